The van der Waals surface area contributed by atoms with Crippen LogP contribution in [0.1, 0.15) is 22.3 Å². The molecule has 120 valence electrons. The number of rotatable bonds is 3. The predicted octanol–water partition coefficient (Wildman–Crippen LogP) is 2.62. The summed E-state index contributed by atoms with van der Waals surface area (Å²) in [4.78, 5) is 17.0. The van der Waals surface area contributed by atoms with Crippen LogP contribution in [0.5, 0.6) is 0 Å². The third-order valence-corrected chi connectivity index (χ3v) is 4.28. The van der Waals surface area contributed by atoms with Gasteiger partial charge in [0.1, 0.15) is 0 Å². The van der Waals surface area contributed by atoms with E-state index in [-0.39, 0.29) is 5.91 Å². The first-order valence-electron chi connectivity index (χ1n) is 8.13. The Kier molecular flexibility index (Phi) is 4.93. The number of carbonyl (C=O) groups excluding carboxylic acids is 1. The van der Waals surface area contributed by atoms with Crippen LogP contribution in [-0.4, -0.2) is 41.9 Å². The van der Waals surface area contributed by atoms with Gasteiger partial charge in [-0.15, -0.1) is 0 Å². The van der Waals surface area contributed by atoms with Gasteiger partial charge in [0.25, 0.3) is 5.91 Å². The first-order valence-corrected chi connectivity index (χ1v) is 8.13. The van der Waals surface area contributed by atoms with Gasteiger partial charge in [-0.05, 0) is 36.2 Å². The molecule has 0 aliphatic carbocycles. The van der Waals surface area contributed by atoms with Crippen molar-refractivity contribution in [3.05, 3.63) is 65.7 Å². The molecule has 1 amide bonds. The highest BCUT2D eigenvalue weighted by Crippen LogP contribution is 2.13. The molecule has 0 unspecified atom stereocenters. The number of nitrogen functional groups attached to an aromatic ring is 1. The van der Waals surface area contributed by atoms with Crippen LogP contribution in [0.3, 0.4) is 0 Å². The fourth-order valence-electron chi connectivity index (χ4n) is 2.98. The molecule has 1 aliphatic heterocycles. The van der Waals surface area contributed by atoms with E-state index < -0.39 is 0 Å². The lowest BCUT2D eigenvalue weighted by Crippen LogP contribution is -2.35. The summed E-state index contributed by atoms with van der Waals surface area (Å²) in [5, 5.41) is 0. The summed E-state index contributed by atoms with van der Waals surface area (Å²) in [6.45, 7) is 4.48. The molecule has 1 heterocycles. The lowest BCUT2D eigenvalue weighted by molar-refractivity contribution is 0.0761. The highest BCUT2D eigenvalue weighted by Gasteiger charge is 2.20. The van der Waals surface area contributed by atoms with Crippen LogP contribution in [0.25, 0.3) is 0 Å². The molecule has 1 fully saturated rings. The van der Waals surface area contributed by atoms with Gasteiger partial charge in [-0.1, -0.05) is 30.3 Å². The Hall–Kier alpha value is -2.33. The molecule has 0 atom stereocenters. The number of benzene rings is 2. The summed E-state index contributed by atoms with van der Waals surface area (Å²) >= 11 is 0. The average molecular weight is 309 g/mol. The number of hydrogen-bond acceptors (Lipinski definition) is 3. The largest absolute Gasteiger partial charge is 0.399 e. The zero-order chi connectivity index (χ0) is 16.1. The van der Waals surface area contributed by atoms with Gasteiger partial charge in [0.15, 0.2) is 0 Å². The van der Waals surface area contributed by atoms with Gasteiger partial charge >= 0.3 is 0 Å². The maximum absolute atomic E-state index is 12.6. The molecular formula is C19H23N3O. The molecule has 1 saturated heterocycles. The Labute approximate surface area is 137 Å². The molecule has 2 aromatic carbocycles. The van der Waals surface area contributed by atoms with Crippen LogP contribution in [0, 0.1) is 0 Å². The van der Waals surface area contributed by atoms with Crippen LogP contribution in [0.4, 0.5) is 5.69 Å². The van der Waals surface area contributed by atoms with Crippen LogP contribution >= 0.6 is 0 Å². The summed E-state index contributed by atoms with van der Waals surface area (Å²) in [6, 6.07) is 17.7. The monoisotopic (exact) mass is 309 g/mol. The van der Waals surface area contributed by atoms with E-state index in [2.05, 4.69) is 29.2 Å². The average Bonchev–Trinajstić information content (AvgIpc) is 2.81. The molecule has 0 bridgehead atoms. The molecule has 0 spiro atoms. The lowest BCUT2D eigenvalue weighted by atomic mass is 10.2. The fraction of sp³-hybridized carbons (Fsp3) is 0.316. The van der Waals surface area contributed by atoms with Crippen molar-refractivity contribution in [2.45, 2.75) is 13.0 Å². The van der Waals surface area contributed by atoms with Crippen molar-refractivity contribution in [1.29, 1.82) is 0 Å². The maximum atomic E-state index is 12.6. The minimum absolute atomic E-state index is 0.103. The summed E-state index contributed by atoms with van der Waals surface area (Å²) in [5.41, 5.74) is 8.42. The molecular weight excluding hydrogens is 286 g/mol. The Bertz CT molecular complexity index is 639. The van der Waals surface area contributed by atoms with Gasteiger partial charge in [0.2, 0.25) is 0 Å². The molecule has 1 aliphatic rings. The maximum Gasteiger partial charge on any atom is 0.253 e. The molecule has 23 heavy (non-hydrogen) atoms. The van der Waals surface area contributed by atoms with Crippen LogP contribution in [0.15, 0.2) is 54.6 Å². The van der Waals surface area contributed by atoms with E-state index in [0.717, 1.165) is 44.7 Å². The Morgan fingerprint density at radius 3 is 2.39 bits per heavy atom. The molecule has 3 rings (SSSR count). The van der Waals surface area contributed by atoms with E-state index in [1.165, 1.54) is 5.56 Å². The number of nitrogens with two attached hydrogens (primary N) is 1. The third-order valence-electron chi connectivity index (χ3n) is 4.28. The highest BCUT2D eigenvalue weighted by molar-refractivity contribution is 5.94. The van der Waals surface area contributed by atoms with Crippen molar-refractivity contribution in [1.82, 2.24) is 9.80 Å². The second kappa shape index (κ2) is 7.29. The van der Waals surface area contributed by atoms with Crippen LogP contribution in [-0.2, 0) is 6.54 Å². The SMILES string of the molecule is Nc1ccc(C(=O)N2CCCN(Cc3ccccc3)CC2)cc1. The molecule has 0 radical (unpaired) electrons. The van der Waals surface area contributed by atoms with Crippen molar-refractivity contribution >= 4 is 11.6 Å². The fourth-order valence-corrected chi connectivity index (χ4v) is 2.98. The van der Waals surface area contributed by atoms with E-state index in [4.69, 9.17) is 5.73 Å². The van der Waals surface area contributed by atoms with Crippen LogP contribution < -0.4 is 5.73 Å². The van der Waals surface area contributed by atoms with E-state index in [1.54, 1.807) is 12.1 Å². The Morgan fingerprint density at radius 2 is 1.65 bits per heavy atom. The van der Waals surface area contributed by atoms with Crippen molar-refractivity contribution in [2.75, 3.05) is 31.9 Å². The van der Waals surface area contributed by atoms with E-state index in [9.17, 15) is 4.79 Å². The number of anilines is 1. The van der Waals surface area contributed by atoms with Crippen LogP contribution in [0.2, 0.25) is 0 Å². The van der Waals surface area contributed by atoms with Crippen molar-refractivity contribution in [3.8, 4) is 0 Å². The van der Waals surface area contributed by atoms with Crippen molar-refractivity contribution in [2.24, 2.45) is 0 Å². The summed E-state index contributed by atoms with van der Waals surface area (Å²) < 4.78 is 0. The number of nitrogens with zero attached hydrogens (tertiary/aromatic N) is 2. The standard InChI is InChI=1S/C19H23N3O/c20-18-9-7-17(8-10-18)19(23)22-12-4-11-21(13-14-22)15-16-5-2-1-3-6-16/h1-3,5-10H,4,11-15,20H2. The van der Waals surface area contributed by atoms with E-state index in [1.807, 2.05) is 23.1 Å². The first kappa shape index (κ1) is 15.6. The minimum Gasteiger partial charge on any atom is -0.399 e. The highest BCUT2D eigenvalue weighted by atomic mass is 16.2. The lowest BCUT2D eigenvalue weighted by Gasteiger charge is -2.22. The van der Waals surface area contributed by atoms with Gasteiger partial charge in [0.05, 0.1) is 0 Å². The summed E-state index contributed by atoms with van der Waals surface area (Å²) in [5.74, 6) is 0.103. The smallest absolute Gasteiger partial charge is 0.253 e. The van der Waals surface area contributed by atoms with E-state index in [0.29, 0.717) is 5.69 Å². The molecule has 0 saturated carbocycles. The molecule has 4 heteroatoms. The first-order chi connectivity index (χ1) is 11.2. The van der Waals surface area contributed by atoms with Crippen molar-refractivity contribution < 1.29 is 4.79 Å². The molecule has 4 nitrogen and oxygen atoms in total. The van der Waals surface area contributed by atoms with Gasteiger partial charge < -0.3 is 10.6 Å². The second-order valence-electron chi connectivity index (χ2n) is 6.03. The molecule has 2 aromatic rings. The van der Waals surface area contributed by atoms with Gasteiger partial charge in [0, 0.05) is 44.0 Å². The Morgan fingerprint density at radius 1 is 0.913 bits per heavy atom. The summed E-state index contributed by atoms with van der Waals surface area (Å²) in [7, 11) is 0. The Balaban J connectivity index is 1.59. The van der Waals surface area contributed by atoms with Gasteiger partial charge in [-0.3, -0.25) is 9.69 Å². The van der Waals surface area contributed by atoms with E-state index >= 15 is 0 Å². The third kappa shape index (κ3) is 4.11. The van der Waals surface area contributed by atoms with Gasteiger partial charge in [-0.25, -0.2) is 0 Å². The summed E-state index contributed by atoms with van der Waals surface area (Å²) in [6.07, 6.45) is 1.01. The normalized spacial score (nSPS) is 16.1. The van der Waals surface area contributed by atoms with Crippen molar-refractivity contribution in [3.63, 3.8) is 0 Å². The number of hydrogen-bond donors (Lipinski definition) is 1. The number of carbonyl (C=O) groups is 1. The topological polar surface area (TPSA) is 49.6 Å². The molecule has 0 aromatic heterocycles. The minimum atomic E-state index is 0.103. The predicted molar refractivity (Wildman–Crippen MR) is 93.1 cm³/mol. The zero-order valence-corrected chi connectivity index (χ0v) is 13.3. The second-order valence-corrected chi connectivity index (χ2v) is 6.03. The van der Waals surface area contributed by atoms with Gasteiger partial charge in [-0.2, -0.15) is 0 Å². The number of amides is 1. The zero-order valence-electron chi connectivity index (χ0n) is 13.3. The molecule has 2 N–H and O–H groups in total. The quantitative estimate of drug-likeness (QED) is 0.887.